The molecule has 39 heavy (non-hydrogen) atoms. The van der Waals surface area contributed by atoms with Gasteiger partial charge in [-0.05, 0) is 52.0 Å². The van der Waals surface area contributed by atoms with Crippen LogP contribution < -0.4 is 14.8 Å². The van der Waals surface area contributed by atoms with Crippen molar-refractivity contribution in [2.45, 2.75) is 57.8 Å². The number of aliphatic imine (C=N–C) groups is 1. The summed E-state index contributed by atoms with van der Waals surface area (Å²) in [5.41, 5.74) is 2.79. The Labute approximate surface area is 226 Å². The van der Waals surface area contributed by atoms with Crippen LogP contribution >= 0.6 is 0 Å². The number of amides is 2. The second-order valence-corrected chi connectivity index (χ2v) is 9.03. The van der Waals surface area contributed by atoms with E-state index in [1.165, 1.54) is 12.0 Å². The molecule has 1 aliphatic rings. The SMILES string of the molecule is C=Cc1cc2nc(c1N=C)OCC/C=C/CC(CCC(F)(F)F)NC(=O)N(CC)C(C)c1cc-2c(OC)cn1. The van der Waals surface area contributed by atoms with Gasteiger partial charge in [0.15, 0.2) is 0 Å². The standard InChI is InChI=1S/C28H34F3N5O3/c1-6-19-15-23-21-16-22(33-17-24(21)38-5)18(3)36(7-2)27(37)34-20(12-13-28(29,30)31)11-9-8-10-14-39-26(35-23)25(19)32-4/h6,8-9,15-18,20H,1,4,7,10-14H2,2-3,5H3,(H,34,37)/b9-8+. The maximum absolute atomic E-state index is 13.3. The first-order valence-corrected chi connectivity index (χ1v) is 12.7. The second-order valence-electron chi connectivity index (χ2n) is 9.03. The Morgan fingerprint density at radius 3 is 2.74 bits per heavy atom. The van der Waals surface area contributed by atoms with Gasteiger partial charge in [0.25, 0.3) is 0 Å². The summed E-state index contributed by atoms with van der Waals surface area (Å²) in [5, 5.41) is 2.79. The van der Waals surface area contributed by atoms with Crippen molar-refractivity contribution >= 4 is 24.5 Å². The molecule has 0 radical (unpaired) electrons. The van der Waals surface area contributed by atoms with Crippen molar-refractivity contribution < 1.29 is 27.4 Å². The zero-order valence-electron chi connectivity index (χ0n) is 22.4. The first kappa shape index (κ1) is 29.7. The summed E-state index contributed by atoms with van der Waals surface area (Å²) >= 11 is 0. The van der Waals surface area contributed by atoms with Crippen LogP contribution in [-0.4, -0.2) is 60.1 Å². The van der Waals surface area contributed by atoms with Crippen molar-refractivity contribution in [2.75, 3.05) is 20.3 Å². The molecule has 11 heteroatoms. The normalized spacial score (nSPS) is 19.3. The predicted molar refractivity (Wildman–Crippen MR) is 146 cm³/mol. The van der Waals surface area contributed by atoms with E-state index in [1.807, 2.05) is 6.92 Å². The number of nitrogens with one attached hydrogen (secondary N) is 1. The van der Waals surface area contributed by atoms with E-state index < -0.39 is 30.7 Å². The number of aromatic nitrogens is 2. The molecule has 2 aromatic rings. The van der Waals surface area contributed by atoms with Crippen molar-refractivity contribution in [1.82, 2.24) is 20.2 Å². The lowest BCUT2D eigenvalue weighted by Crippen LogP contribution is -2.46. The van der Waals surface area contributed by atoms with Gasteiger partial charge in [0.2, 0.25) is 5.88 Å². The average molecular weight is 546 g/mol. The zero-order chi connectivity index (χ0) is 28.6. The summed E-state index contributed by atoms with van der Waals surface area (Å²) in [6.07, 6.45) is 1.90. The first-order chi connectivity index (χ1) is 18.6. The molecule has 0 aromatic carbocycles. The lowest BCUT2D eigenvalue weighted by Gasteiger charge is -2.30. The minimum atomic E-state index is -4.32. The number of hydrogen-bond donors (Lipinski definition) is 1. The van der Waals surface area contributed by atoms with Gasteiger partial charge in [-0.25, -0.2) is 9.78 Å². The number of hydrogen-bond acceptors (Lipinski definition) is 6. The van der Waals surface area contributed by atoms with Gasteiger partial charge in [0, 0.05) is 30.1 Å². The van der Waals surface area contributed by atoms with Crippen LogP contribution in [0, 0.1) is 0 Å². The summed E-state index contributed by atoms with van der Waals surface area (Å²) < 4.78 is 50.4. The number of ether oxygens (including phenoxy) is 2. The van der Waals surface area contributed by atoms with Gasteiger partial charge >= 0.3 is 12.2 Å². The second kappa shape index (κ2) is 13.3. The molecule has 0 saturated heterocycles. The Balaban J connectivity index is 2.10. The Kier molecular flexibility index (Phi) is 10.1. The van der Waals surface area contributed by atoms with Crippen molar-refractivity contribution in [3.63, 3.8) is 0 Å². The van der Waals surface area contributed by atoms with E-state index in [1.54, 1.807) is 43.5 Å². The number of alkyl halides is 3. The lowest BCUT2D eigenvalue weighted by molar-refractivity contribution is -0.136. The molecule has 2 aromatic heterocycles. The highest BCUT2D eigenvalue weighted by atomic mass is 19.4. The maximum atomic E-state index is 13.3. The number of methoxy groups -OCH3 is 1. The van der Waals surface area contributed by atoms with Gasteiger partial charge in [-0.15, -0.1) is 0 Å². The zero-order valence-corrected chi connectivity index (χ0v) is 22.4. The molecule has 0 spiro atoms. The number of pyridine rings is 2. The minimum absolute atomic E-state index is 0.235. The third-order valence-corrected chi connectivity index (χ3v) is 6.46. The predicted octanol–water partition coefficient (Wildman–Crippen LogP) is 6.66. The van der Waals surface area contributed by atoms with Crippen LogP contribution in [0.2, 0.25) is 0 Å². The van der Waals surface area contributed by atoms with E-state index in [2.05, 4.69) is 33.6 Å². The molecular formula is C28H34F3N5O3. The van der Waals surface area contributed by atoms with Gasteiger partial charge in [0.05, 0.1) is 37.3 Å². The average Bonchev–Trinajstić information content (AvgIpc) is 2.91. The molecule has 3 rings (SSSR count). The number of halogens is 3. The summed E-state index contributed by atoms with van der Waals surface area (Å²) in [4.78, 5) is 28.0. The van der Waals surface area contributed by atoms with Crippen molar-refractivity contribution in [3.8, 4) is 22.9 Å². The van der Waals surface area contributed by atoms with Gasteiger partial charge in [-0.2, -0.15) is 13.2 Å². The van der Waals surface area contributed by atoms with Crippen molar-refractivity contribution in [3.05, 3.63) is 48.3 Å². The topological polar surface area (TPSA) is 88.9 Å². The number of urea groups is 1. The Bertz CT molecular complexity index is 1220. The monoisotopic (exact) mass is 545 g/mol. The largest absolute Gasteiger partial charge is 0.494 e. The van der Waals surface area contributed by atoms with Crippen LogP contribution in [0.3, 0.4) is 0 Å². The smallest absolute Gasteiger partial charge is 0.389 e. The van der Waals surface area contributed by atoms with E-state index in [4.69, 9.17) is 9.47 Å². The fraction of sp³-hybridized carbons (Fsp3) is 0.429. The van der Waals surface area contributed by atoms with Gasteiger partial charge in [-0.1, -0.05) is 24.8 Å². The maximum Gasteiger partial charge on any atom is 0.389 e. The van der Waals surface area contributed by atoms with Crippen LogP contribution in [0.4, 0.5) is 23.7 Å². The summed E-state index contributed by atoms with van der Waals surface area (Å²) in [7, 11) is 1.52. The number of carbonyl (C=O) groups is 1. The molecule has 1 aliphatic heterocycles. The minimum Gasteiger partial charge on any atom is -0.494 e. The summed E-state index contributed by atoms with van der Waals surface area (Å²) in [6, 6.07) is 1.90. The Morgan fingerprint density at radius 2 is 2.10 bits per heavy atom. The molecule has 2 unspecified atom stereocenters. The quantitative estimate of drug-likeness (QED) is 0.324. The molecule has 210 valence electrons. The fourth-order valence-corrected chi connectivity index (χ4v) is 4.34. The highest BCUT2D eigenvalue weighted by Crippen LogP contribution is 2.38. The van der Waals surface area contributed by atoms with E-state index in [9.17, 15) is 18.0 Å². The van der Waals surface area contributed by atoms with Crippen LogP contribution in [-0.2, 0) is 0 Å². The molecular weight excluding hydrogens is 511 g/mol. The molecule has 0 saturated carbocycles. The van der Waals surface area contributed by atoms with Gasteiger partial charge in [0.1, 0.15) is 11.4 Å². The number of nitrogens with zero attached hydrogens (tertiary/aromatic N) is 4. The summed E-state index contributed by atoms with van der Waals surface area (Å²) in [6.45, 7) is 11.7. The summed E-state index contributed by atoms with van der Waals surface area (Å²) in [5.74, 6) is 0.720. The van der Waals surface area contributed by atoms with E-state index in [-0.39, 0.29) is 25.3 Å². The molecule has 2 amide bonds. The third-order valence-electron chi connectivity index (χ3n) is 6.46. The molecule has 3 heterocycles. The highest BCUT2D eigenvalue weighted by Gasteiger charge is 2.30. The Hall–Kier alpha value is -3.89. The first-order valence-electron chi connectivity index (χ1n) is 12.7. The van der Waals surface area contributed by atoms with E-state index >= 15 is 0 Å². The van der Waals surface area contributed by atoms with E-state index in [0.29, 0.717) is 46.9 Å². The molecule has 0 aliphatic carbocycles. The third kappa shape index (κ3) is 7.58. The lowest BCUT2D eigenvalue weighted by atomic mass is 10.0. The number of fused-ring (bicyclic) bond motifs is 5. The van der Waals surface area contributed by atoms with Gasteiger partial charge in [-0.3, -0.25) is 9.98 Å². The molecule has 0 fully saturated rings. The molecule has 1 N–H and O–H groups in total. The van der Waals surface area contributed by atoms with Crippen molar-refractivity contribution in [1.29, 1.82) is 0 Å². The molecule has 4 bridgehead atoms. The van der Waals surface area contributed by atoms with Crippen LogP contribution in [0.1, 0.15) is 56.8 Å². The van der Waals surface area contributed by atoms with Crippen molar-refractivity contribution in [2.24, 2.45) is 4.99 Å². The molecule has 2 atom stereocenters. The fourth-order valence-electron chi connectivity index (χ4n) is 4.34. The Morgan fingerprint density at radius 1 is 1.33 bits per heavy atom. The molecule has 8 nitrogen and oxygen atoms in total. The van der Waals surface area contributed by atoms with Gasteiger partial charge < -0.3 is 19.7 Å². The van der Waals surface area contributed by atoms with Crippen LogP contribution in [0.15, 0.2) is 42.1 Å². The number of carbonyl (C=O) groups excluding carboxylic acids is 1. The highest BCUT2D eigenvalue weighted by molar-refractivity contribution is 5.78. The number of rotatable bonds is 6. The van der Waals surface area contributed by atoms with E-state index in [0.717, 1.165) is 0 Å². The van der Waals surface area contributed by atoms with Crippen LogP contribution in [0.25, 0.3) is 17.3 Å². The van der Waals surface area contributed by atoms with Crippen LogP contribution in [0.5, 0.6) is 11.6 Å².